The number of amides is 2. The molecule has 0 aromatic heterocycles. The molecule has 8 nitrogen and oxygen atoms in total. The second-order valence-electron chi connectivity index (χ2n) is 11.5. The number of hydrogen-bond acceptors (Lipinski definition) is 6. The number of likely N-dealkylation sites (tertiary alicyclic amines) is 1. The number of aliphatic hydroxyl groups is 1. The molecule has 2 fully saturated rings. The van der Waals surface area contributed by atoms with Crippen molar-refractivity contribution in [3.05, 3.63) is 53.1 Å². The maximum atomic E-state index is 14.8. The summed E-state index contributed by atoms with van der Waals surface area (Å²) in [5, 5.41) is 11.0. The smallest absolute Gasteiger partial charge is 0.313 e. The third-order valence-electron chi connectivity index (χ3n) is 9.37. The minimum absolute atomic E-state index is 0.108. The number of cyclic esters (lactones) is 1. The molecule has 0 saturated carbocycles. The lowest BCUT2D eigenvalue weighted by Gasteiger charge is -2.42. The Hall–Kier alpha value is -2.68. The zero-order chi connectivity index (χ0) is 28.8. The molecule has 9 heteroatoms. The molecule has 7 atom stereocenters. The summed E-state index contributed by atoms with van der Waals surface area (Å²) in [6.07, 6.45) is 10.0. The zero-order valence-electron chi connectivity index (χ0n) is 23.6. The van der Waals surface area contributed by atoms with Gasteiger partial charge < -0.3 is 24.4 Å². The van der Waals surface area contributed by atoms with Crippen LogP contribution in [0, 0.1) is 24.7 Å². The molecule has 1 spiro atoms. The number of fused-ring (bicyclic) bond motifs is 2. The molecule has 1 aromatic carbocycles. The molecule has 40 heavy (non-hydrogen) atoms. The second kappa shape index (κ2) is 11.0. The number of esters is 1. The molecule has 5 rings (SSSR count). The number of hydrogen-bond donors (Lipinski definition) is 1. The Kier molecular flexibility index (Phi) is 7.89. The van der Waals surface area contributed by atoms with Crippen LogP contribution in [0.4, 0.5) is 5.69 Å². The Labute approximate surface area is 240 Å². The van der Waals surface area contributed by atoms with Crippen molar-refractivity contribution in [3.63, 3.8) is 0 Å². The second-order valence-corrected chi connectivity index (χ2v) is 11.9. The topological polar surface area (TPSA) is 96.4 Å². The van der Waals surface area contributed by atoms with Gasteiger partial charge in [0, 0.05) is 6.54 Å². The molecule has 2 amide bonds. The van der Waals surface area contributed by atoms with E-state index in [1.54, 1.807) is 11.0 Å². The number of aryl methyl sites for hydroxylation is 1. The first-order chi connectivity index (χ1) is 19.2. The molecule has 4 aliphatic rings. The molecule has 4 heterocycles. The molecule has 1 aromatic rings. The highest BCUT2D eigenvalue weighted by Crippen LogP contribution is 2.59. The summed E-state index contributed by atoms with van der Waals surface area (Å²) in [6.45, 7) is 7.90. The SMILES string of the molecule is CC[C@H](C)[C@H](CO)N1C(=O)[C@@H]2[C@H]3C(=O)OCCC/C=C\[C@@]3(CC)O[C@@]23C=CCN(c2c(C)cccc2Cl)C(=O)C13. The molecular formula is C31H39ClN2O6. The van der Waals surface area contributed by atoms with Gasteiger partial charge in [-0.3, -0.25) is 14.4 Å². The van der Waals surface area contributed by atoms with E-state index in [4.69, 9.17) is 21.1 Å². The van der Waals surface area contributed by atoms with Crippen molar-refractivity contribution in [2.75, 3.05) is 24.7 Å². The number of rotatable bonds is 6. The van der Waals surface area contributed by atoms with Gasteiger partial charge in [0.2, 0.25) is 5.91 Å². The third kappa shape index (κ3) is 4.22. The fourth-order valence-corrected chi connectivity index (χ4v) is 7.48. The maximum Gasteiger partial charge on any atom is 0.313 e. The van der Waals surface area contributed by atoms with E-state index in [2.05, 4.69) is 0 Å². The number of halogens is 1. The summed E-state index contributed by atoms with van der Waals surface area (Å²) < 4.78 is 12.7. The van der Waals surface area contributed by atoms with E-state index in [0.29, 0.717) is 36.4 Å². The highest BCUT2D eigenvalue weighted by molar-refractivity contribution is 6.34. The molecule has 0 aliphatic carbocycles. The van der Waals surface area contributed by atoms with Crippen molar-refractivity contribution in [2.45, 2.75) is 76.7 Å². The molecule has 1 unspecified atom stereocenters. The minimum Gasteiger partial charge on any atom is -0.465 e. The summed E-state index contributed by atoms with van der Waals surface area (Å²) >= 11 is 6.64. The molecule has 4 aliphatic heterocycles. The van der Waals surface area contributed by atoms with E-state index in [-0.39, 0.29) is 37.5 Å². The van der Waals surface area contributed by atoms with Crippen molar-refractivity contribution in [1.29, 1.82) is 0 Å². The molecule has 2 saturated heterocycles. The van der Waals surface area contributed by atoms with E-state index in [9.17, 15) is 19.5 Å². The Morgan fingerprint density at radius 1 is 1.12 bits per heavy atom. The number of allylic oxidation sites excluding steroid dienone is 1. The number of aliphatic hydroxyl groups excluding tert-OH is 1. The fraction of sp³-hybridized carbons (Fsp3) is 0.581. The Balaban J connectivity index is 1.73. The lowest BCUT2D eigenvalue weighted by molar-refractivity contribution is -0.161. The number of carbonyl (C=O) groups excluding carboxylic acids is 3. The highest BCUT2D eigenvalue weighted by atomic mass is 35.5. The van der Waals surface area contributed by atoms with E-state index < -0.39 is 41.1 Å². The largest absolute Gasteiger partial charge is 0.465 e. The summed E-state index contributed by atoms with van der Waals surface area (Å²) in [7, 11) is 0. The first kappa shape index (κ1) is 28.8. The number of nitrogens with zero attached hydrogens (tertiary/aromatic N) is 2. The first-order valence-electron chi connectivity index (χ1n) is 14.4. The van der Waals surface area contributed by atoms with Gasteiger partial charge in [-0.2, -0.15) is 0 Å². The van der Waals surface area contributed by atoms with Crippen LogP contribution in [0.3, 0.4) is 0 Å². The zero-order valence-corrected chi connectivity index (χ0v) is 24.4. The molecule has 216 valence electrons. The van der Waals surface area contributed by atoms with Gasteiger partial charge in [-0.25, -0.2) is 0 Å². The summed E-state index contributed by atoms with van der Waals surface area (Å²) in [5.41, 5.74) is -1.15. The molecule has 0 bridgehead atoms. The monoisotopic (exact) mass is 570 g/mol. The summed E-state index contributed by atoms with van der Waals surface area (Å²) in [6, 6.07) is 3.71. The Morgan fingerprint density at radius 3 is 2.58 bits per heavy atom. The fourth-order valence-electron chi connectivity index (χ4n) is 7.15. The van der Waals surface area contributed by atoms with Crippen LogP contribution in [0.25, 0.3) is 0 Å². The van der Waals surface area contributed by atoms with Crippen LogP contribution < -0.4 is 4.90 Å². The van der Waals surface area contributed by atoms with Crippen LogP contribution in [0.15, 0.2) is 42.5 Å². The van der Waals surface area contributed by atoms with Crippen LogP contribution >= 0.6 is 11.6 Å². The lowest BCUT2D eigenvalue weighted by Crippen LogP contribution is -2.60. The third-order valence-corrected chi connectivity index (χ3v) is 9.68. The van der Waals surface area contributed by atoms with Crippen molar-refractivity contribution in [2.24, 2.45) is 17.8 Å². The molecule has 1 N–H and O–H groups in total. The summed E-state index contributed by atoms with van der Waals surface area (Å²) in [5.74, 6) is -3.24. The average Bonchev–Trinajstić information content (AvgIpc) is 3.32. The number of para-hydroxylation sites is 1. The van der Waals surface area contributed by atoms with E-state index in [1.165, 1.54) is 4.90 Å². The average molecular weight is 571 g/mol. The van der Waals surface area contributed by atoms with Crippen LogP contribution in [-0.4, -0.2) is 70.8 Å². The van der Waals surface area contributed by atoms with Gasteiger partial charge in [-0.15, -0.1) is 0 Å². The number of ether oxygens (including phenoxy) is 2. The van der Waals surface area contributed by atoms with Gasteiger partial charge in [0.05, 0.1) is 35.9 Å². The van der Waals surface area contributed by atoms with Crippen molar-refractivity contribution in [3.8, 4) is 0 Å². The van der Waals surface area contributed by atoms with Crippen molar-refractivity contribution < 1.29 is 29.0 Å². The maximum absolute atomic E-state index is 14.8. The van der Waals surface area contributed by atoms with Gasteiger partial charge in [0.1, 0.15) is 23.2 Å². The Morgan fingerprint density at radius 2 is 1.90 bits per heavy atom. The van der Waals surface area contributed by atoms with Crippen LogP contribution in [0.2, 0.25) is 5.02 Å². The first-order valence-corrected chi connectivity index (χ1v) is 14.8. The van der Waals surface area contributed by atoms with Crippen molar-refractivity contribution in [1.82, 2.24) is 4.90 Å². The molecule has 0 radical (unpaired) electrons. The van der Waals surface area contributed by atoms with E-state index in [0.717, 1.165) is 5.56 Å². The van der Waals surface area contributed by atoms with Crippen LogP contribution in [-0.2, 0) is 23.9 Å². The van der Waals surface area contributed by atoms with Crippen LogP contribution in [0.5, 0.6) is 0 Å². The highest BCUT2D eigenvalue weighted by Gasteiger charge is 2.76. The van der Waals surface area contributed by atoms with Gasteiger partial charge in [-0.05, 0) is 43.7 Å². The van der Waals surface area contributed by atoms with Gasteiger partial charge in [0.25, 0.3) is 5.91 Å². The normalized spacial score (nSPS) is 34.1. The predicted octanol–water partition coefficient (Wildman–Crippen LogP) is 4.21. The molecular weight excluding hydrogens is 532 g/mol. The predicted molar refractivity (Wildman–Crippen MR) is 152 cm³/mol. The van der Waals surface area contributed by atoms with Crippen molar-refractivity contribution >= 4 is 35.1 Å². The minimum atomic E-state index is -1.43. The van der Waals surface area contributed by atoms with E-state index >= 15 is 0 Å². The van der Waals surface area contributed by atoms with Crippen LogP contribution in [0.1, 0.15) is 52.0 Å². The van der Waals surface area contributed by atoms with Gasteiger partial charge in [0.15, 0.2) is 0 Å². The van der Waals surface area contributed by atoms with Gasteiger partial charge >= 0.3 is 5.97 Å². The van der Waals surface area contributed by atoms with Gasteiger partial charge in [-0.1, -0.05) is 75.2 Å². The Bertz CT molecular complexity index is 1230. The lowest BCUT2D eigenvalue weighted by atomic mass is 9.73. The standard InChI is InChI=1S/C31H39ClN2O6/c1-5-19(3)22(18-35)34-26-28(37)33(25-20(4)12-10-13-21(25)32)16-11-15-31(26)23(27(34)36)24-29(38)39-17-9-7-8-14-30(24,6-2)40-31/h8,10-15,19,22-24,26,35H,5-7,9,16-18H2,1-4H3/b14-8-/t19-,22-,23-,24-,26?,30+,31-/m0/s1. The number of benzene rings is 1. The number of carbonyl (C=O) groups is 3. The quantitative estimate of drug-likeness (QED) is 0.406. The number of anilines is 1. The summed E-state index contributed by atoms with van der Waals surface area (Å²) in [4.78, 5) is 46.2. The van der Waals surface area contributed by atoms with E-state index in [1.807, 2.05) is 64.1 Å².